The van der Waals surface area contributed by atoms with Crippen LogP contribution >= 0.6 is 11.6 Å². The molecule has 11 nitrogen and oxygen atoms in total. The van der Waals surface area contributed by atoms with Gasteiger partial charge in [0.1, 0.15) is 17.9 Å². The number of hydrogen-bond donors (Lipinski definition) is 1. The van der Waals surface area contributed by atoms with E-state index in [0.29, 0.717) is 45.9 Å². The van der Waals surface area contributed by atoms with E-state index in [9.17, 15) is 19.2 Å². The highest BCUT2D eigenvalue weighted by atomic mass is 35.5. The summed E-state index contributed by atoms with van der Waals surface area (Å²) in [6, 6.07) is 19.8. The Labute approximate surface area is 338 Å². The molecule has 3 atom stereocenters. The quantitative estimate of drug-likeness (QED) is 0.169. The van der Waals surface area contributed by atoms with E-state index >= 15 is 0 Å². The summed E-state index contributed by atoms with van der Waals surface area (Å²) in [5.41, 5.74) is 4.15. The molecule has 5 fully saturated rings. The lowest BCUT2D eigenvalue weighted by Gasteiger charge is -2.42. The van der Waals surface area contributed by atoms with Gasteiger partial charge in [-0.25, -0.2) is 4.85 Å². The van der Waals surface area contributed by atoms with Crippen LogP contribution < -0.4 is 19.9 Å². The van der Waals surface area contributed by atoms with Crippen LogP contribution in [0.5, 0.6) is 5.75 Å². The number of ether oxygens (including phenoxy) is 1. The first-order valence-corrected chi connectivity index (χ1v) is 20.7. The van der Waals surface area contributed by atoms with Crippen LogP contribution in [0.15, 0.2) is 60.7 Å². The maximum Gasteiger partial charge on any atom is 0.262 e. The molecule has 3 unspecified atom stereocenters. The van der Waals surface area contributed by atoms with E-state index in [4.69, 9.17) is 22.9 Å². The maximum absolute atomic E-state index is 13.3. The number of rotatable bonds is 6. The molecule has 9 rings (SSSR count). The monoisotopic (exact) mass is 784 g/mol. The number of nitrogens with zero attached hydrogens (tertiary/aromatic N) is 5. The van der Waals surface area contributed by atoms with E-state index in [0.717, 1.165) is 105 Å². The fraction of sp³-hybridized carbons (Fsp3) is 0.444. The summed E-state index contributed by atoms with van der Waals surface area (Å²) in [5, 5.41) is 2.77. The summed E-state index contributed by atoms with van der Waals surface area (Å²) in [5.74, 6) is 6.31. The van der Waals surface area contributed by atoms with Gasteiger partial charge in [0, 0.05) is 78.4 Å². The highest BCUT2D eigenvalue weighted by molar-refractivity contribution is 6.33. The van der Waals surface area contributed by atoms with Gasteiger partial charge in [0.15, 0.2) is 0 Å². The Morgan fingerprint density at radius 1 is 0.754 bits per heavy atom. The van der Waals surface area contributed by atoms with Crippen molar-refractivity contribution >= 4 is 52.3 Å². The average Bonchev–Trinajstić information content (AvgIpc) is 3.64. The maximum atomic E-state index is 13.3. The van der Waals surface area contributed by atoms with Gasteiger partial charge in [-0.2, -0.15) is 0 Å². The van der Waals surface area contributed by atoms with Gasteiger partial charge < -0.3 is 19.4 Å². The van der Waals surface area contributed by atoms with Crippen LogP contribution in [0.1, 0.15) is 90.5 Å². The lowest BCUT2D eigenvalue weighted by molar-refractivity contribution is -0.136. The standard InChI is InChI=1S/C45H45ClN6O5/c1-47-40-13-9-34(27-39(40)46)51-32-6-7-33(51)25-36(24-32)57-35-10-4-28(5-11-35)2-3-29-16-20-49(21-17-29)30-18-22-50(23-19-30)31-8-12-37-38(26-31)45(56)52(44(37)55)41-14-15-42(53)48-43(41)54/h4-5,8-13,26-27,29-30,32-33,36,41H,6-7,14-25H2,(H,48,53,54). The van der Waals surface area contributed by atoms with Crippen molar-refractivity contribution in [2.24, 2.45) is 5.92 Å². The molecule has 3 aromatic rings. The molecule has 3 aromatic carbocycles. The van der Waals surface area contributed by atoms with Gasteiger partial charge >= 0.3 is 0 Å². The van der Waals surface area contributed by atoms with Crippen LogP contribution in [-0.4, -0.2) is 89.9 Å². The van der Waals surface area contributed by atoms with Crippen molar-refractivity contribution in [3.63, 3.8) is 0 Å². The zero-order valence-electron chi connectivity index (χ0n) is 31.8. The number of nitrogens with one attached hydrogen (secondary N) is 1. The van der Waals surface area contributed by atoms with Crippen molar-refractivity contribution in [1.29, 1.82) is 0 Å². The van der Waals surface area contributed by atoms with E-state index in [2.05, 4.69) is 48.8 Å². The fourth-order valence-corrected chi connectivity index (χ4v) is 10.2. The lowest BCUT2D eigenvalue weighted by atomic mass is 9.93. The minimum Gasteiger partial charge on any atom is -0.490 e. The third-order valence-electron chi connectivity index (χ3n) is 12.9. The minimum absolute atomic E-state index is 0.101. The number of halogens is 1. The van der Waals surface area contributed by atoms with Crippen LogP contribution in [0, 0.1) is 24.3 Å². The Hall–Kier alpha value is -5.36. The fourth-order valence-electron chi connectivity index (χ4n) is 9.94. The smallest absolute Gasteiger partial charge is 0.262 e. The van der Waals surface area contributed by atoms with Crippen LogP contribution in [0.2, 0.25) is 5.02 Å². The number of carbonyl (C=O) groups excluding carboxylic acids is 4. The van der Waals surface area contributed by atoms with E-state index in [1.807, 2.05) is 36.4 Å². The average molecular weight is 785 g/mol. The summed E-state index contributed by atoms with van der Waals surface area (Å²) in [6.45, 7) is 11.1. The van der Waals surface area contributed by atoms with Crippen molar-refractivity contribution in [3.05, 3.63) is 93.8 Å². The number of imide groups is 2. The van der Waals surface area contributed by atoms with Gasteiger partial charge in [-0.05, 0) is 113 Å². The molecule has 0 aliphatic carbocycles. The van der Waals surface area contributed by atoms with E-state index in [-0.39, 0.29) is 24.9 Å². The van der Waals surface area contributed by atoms with E-state index < -0.39 is 23.8 Å². The molecule has 6 heterocycles. The number of hydrogen-bond acceptors (Lipinski definition) is 8. The van der Waals surface area contributed by atoms with Crippen molar-refractivity contribution in [3.8, 4) is 17.6 Å². The van der Waals surface area contributed by atoms with Gasteiger partial charge in [0.25, 0.3) is 11.8 Å². The molecule has 0 radical (unpaired) electrons. The van der Waals surface area contributed by atoms with Crippen LogP contribution in [0.4, 0.5) is 17.1 Å². The lowest BCUT2D eigenvalue weighted by Crippen LogP contribution is -2.54. The number of fused-ring (bicyclic) bond motifs is 3. The molecular weight excluding hydrogens is 740 g/mol. The van der Waals surface area contributed by atoms with Gasteiger partial charge in [0.2, 0.25) is 17.5 Å². The molecule has 6 aliphatic heterocycles. The second-order valence-corrected chi connectivity index (χ2v) is 16.7. The number of anilines is 2. The Bertz CT molecular complexity index is 2200. The molecule has 5 saturated heterocycles. The Morgan fingerprint density at radius 2 is 1.46 bits per heavy atom. The summed E-state index contributed by atoms with van der Waals surface area (Å²) >= 11 is 6.37. The summed E-state index contributed by atoms with van der Waals surface area (Å²) in [6.07, 6.45) is 8.77. The molecule has 292 valence electrons. The van der Waals surface area contributed by atoms with Gasteiger partial charge in [-0.3, -0.25) is 29.4 Å². The highest BCUT2D eigenvalue weighted by Crippen LogP contribution is 2.42. The summed E-state index contributed by atoms with van der Waals surface area (Å²) in [7, 11) is 0. The highest BCUT2D eigenvalue weighted by Gasteiger charge is 2.45. The zero-order valence-corrected chi connectivity index (χ0v) is 32.5. The number of likely N-dealkylation sites (tertiary alicyclic amines) is 1. The SMILES string of the molecule is [C-]#[N+]c1ccc(N2C3CCC2CC(Oc2ccc(C#CC4CCN(C5CCN(c6ccc7c(c6)C(=O)N(C6CCC(=O)NC6=O)C7=O)CC5)CC4)cc2)C3)cc1Cl. The third-order valence-corrected chi connectivity index (χ3v) is 13.2. The Balaban J connectivity index is 0.728. The molecule has 6 aliphatic rings. The van der Waals surface area contributed by atoms with Crippen LogP contribution in [0.3, 0.4) is 0 Å². The first-order chi connectivity index (χ1) is 27.7. The van der Waals surface area contributed by atoms with Crippen molar-refractivity contribution < 1.29 is 23.9 Å². The van der Waals surface area contributed by atoms with Crippen molar-refractivity contribution in [2.45, 2.75) is 94.5 Å². The Kier molecular flexibility index (Phi) is 10.1. The number of piperidine rings is 4. The first-order valence-electron chi connectivity index (χ1n) is 20.3. The molecule has 12 heteroatoms. The largest absolute Gasteiger partial charge is 0.490 e. The molecule has 57 heavy (non-hydrogen) atoms. The van der Waals surface area contributed by atoms with Crippen LogP contribution in [-0.2, 0) is 9.59 Å². The van der Waals surface area contributed by atoms with Gasteiger partial charge in [-0.1, -0.05) is 29.5 Å². The molecule has 0 saturated carbocycles. The molecule has 0 aromatic heterocycles. The predicted octanol–water partition coefficient (Wildman–Crippen LogP) is 6.60. The number of amides is 4. The van der Waals surface area contributed by atoms with E-state index in [1.165, 1.54) is 0 Å². The second kappa shape index (κ2) is 15.5. The summed E-state index contributed by atoms with van der Waals surface area (Å²) in [4.78, 5) is 62.4. The molecule has 4 amide bonds. The van der Waals surface area contributed by atoms with E-state index in [1.54, 1.807) is 12.1 Å². The summed E-state index contributed by atoms with van der Waals surface area (Å²) < 4.78 is 6.49. The molecule has 2 bridgehead atoms. The zero-order chi connectivity index (χ0) is 39.2. The number of benzene rings is 3. The van der Waals surface area contributed by atoms with Gasteiger partial charge in [-0.15, -0.1) is 0 Å². The molecule has 1 N–H and O–H groups in total. The van der Waals surface area contributed by atoms with Gasteiger partial charge in [0.05, 0.1) is 17.7 Å². The normalized spacial score (nSPS) is 25.5. The number of carbonyl (C=O) groups is 4. The Morgan fingerprint density at radius 3 is 2.14 bits per heavy atom. The predicted molar refractivity (Wildman–Crippen MR) is 217 cm³/mol. The van der Waals surface area contributed by atoms with Crippen molar-refractivity contribution in [2.75, 3.05) is 36.0 Å². The third kappa shape index (κ3) is 7.35. The minimum atomic E-state index is -0.961. The topological polar surface area (TPSA) is 107 Å². The molecular formula is C45H45ClN6O5. The van der Waals surface area contributed by atoms with Crippen molar-refractivity contribution in [1.82, 2.24) is 15.1 Å². The molecule has 0 spiro atoms. The first kappa shape index (κ1) is 37.2. The van der Waals surface area contributed by atoms with Crippen LogP contribution in [0.25, 0.3) is 4.85 Å². The second-order valence-electron chi connectivity index (χ2n) is 16.3.